The van der Waals surface area contributed by atoms with Crippen molar-refractivity contribution in [1.82, 2.24) is 10.3 Å². The fourth-order valence-electron chi connectivity index (χ4n) is 2.45. The van der Waals surface area contributed by atoms with E-state index in [-0.39, 0.29) is 0 Å². The smallest absolute Gasteiger partial charge is 0.0727 e. The number of para-hydroxylation sites is 1. The van der Waals surface area contributed by atoms with Crippen LogP contribution in [0.1, 0.15) is 18.4 Å². The highest BCUT2D eigenvalue weighted by molar-refractivity contribution is 5.81. The summed E-state index contributed by atoms with van der Waals surface area (Å²) in [4.78, 5) is 4.37. The van der Waals surface area contributed by atoms with Crippen molar-refractivity contribution in [1.29, 1.82) is 0 Å². The topological polar surface area (TPSA) is 34.1 Å². The Kier molecular flexibility index (Phi) is 3.53. The van der Waals surface area contributed by atoms with Gasteiger partial charge in [0.05, 0.1) is 18.2 Å². The minimum Gasteiger partial charge on any atom is -0.373 e. The molecule has 18 heavy (non-hydrogen) atoms. The zero-order valence-corrected chi connectivity index (χ0v) is 10.4. The van der Waals surface area contributed by atoms with Crippen LogP contribution in [0.25, 0.3) is 10.9 Å². The van der Waals surface area contributed by atoms with Crippen LogP contribution in [0.15, 0.2) is 36.5 Å². The number of ether oxygens (including phenoxy) is 1. The van der Waals surface area contributed by atoms with Crippen molar-refractivity contribution in [2.24, 2.45) is 0 Å². The minimum atomic E-state index is 0.401. The first kappa shape index (κ1) is 11.6. The van der Waals surface area contributed by atoms with Crippen LogP contribution >= 0.6 is 0 Å². The number of aromatic nitrogens is 1. The van der Waals surface area contributed by atoms with Crippen LogP contribution in [-0.4, -0.2) is 24.2 Å². The molecule has 2 heterocycles. The second-order valence-corrected chi connectivity index (χ2v) is 4.75. The van der Waals surface area contributed by atoms with E-state index < -0.39 is 0 Å². The summed E-state index contributed by atoms with van der Waals surface area (Å²) in [6, 6.07) is 10.3. The van der Waals surface area contributed by atoms with E-state index >= 15 is 0 Å². The minimum absolute atomic E-state index is 0.401. The van der Waals surface area contributed by atoms with Crippen LogP contribution in [0, 0.1) is 0 Å². The number of rotatable bonds is 3. The molecule has 0 radical (unpaired) electrons. The van der Waals surface area contributed by atoms with Gasteiger partial charge in [-0.1, -0.05) is 18.2 Å². The van der Waals surface area contributed by atoms with Crippen molar-refractivity contribution >= 4 is 10.9 Å². The van der Waals surface area contributed by atoms with Crippen LogP contribution < -0.4 is 5.32 Å². The second kappa shape index (κ2) is 5.46. The third kappa shape index (κ3) is 2.52. The van der Waals surface area contributed by atoms with Crippen molar-refractivity contribution in [3.63, 3.8) is 0 Å². The van der Waals surface area contributed by atoms with E-state index in [1.807, 2.05) is 18.3 Å². The van der Waals surface area contributed by atoms with Crippen LogP contribution in [0.2, 0.25) is 0 Å². The molecule has 1 aromatic carbocycles. The summed E-state index contributed by atoms with van der Waals surface area (Å²) in [5.41, 5.74) is 2.28. The average molecular weight is 242 g/mol. The normalized spacial score (nSPS) is 17.1. The van der Waals surface area contributed by atoms with Crippen LogP contribution in [-0.2, 0) is 11.3 Å². The molecule has 0 spiro atoms. The molecule has 3 heteroatoms. The van der Waals surface area contributed by atoms with Crippen LogP contribution in [0.5, 0.6) is 0 Å². The van der Waals surface area contributed by atoms with Crippen LogP contribution in [0.4, 0.5) is 0 Å². The lowest BCUT2D eigenvalue weighted by Gasteiger charge is -2.23. The number of piperidine rings is 1. The molecule has 2 aromatic rings. The van der Waals surface area contributed by atoms with Crippen molar-refractivity contribution < 1.29 is 4.74 Å². The summed E-state index contributed by atoms with van der Waals surface area (Å²) < 4.78 is 6.01. The van der Waals surface area contributed by atoms with Gasteiger partial charge in [-0.05, 0) is 43.6 Å². The fraction of sp³-hybridized carbons (Fsp3) is 0.400. The maximum Gasteiger partial charge on any atom is 0.0727 e. The molecule has 3 rings (SSSR count). The Hall–Kier alpha value is -1.45. The number of nitrogens with one attached hydrogen (secondary N) is 1. The highest BCUT2D eigenvalue weighted by atomic mass is 16.5. The van der Waals surface area contributed by atoms with E-state index in [4.69, 9.17) is 4.74 Å². The summed E-state index contributed by atoms with van der Waals surface area (Å²) in [7, 11) is 0. The summed E-state index contributed by atoms with van der Waals surface area (Å²) in [5.74, 6) is 0. The summed E-state index contributed by atoms with van der Waals surface area (Å²) in [5, 5.41) is 4.56. The van der Waals surface area contributed by atoms with Gasteiger partial charge in [-0.15, -0.1) is 0 Å². The Morgan fingerprint density at radius 1 is 1.17 bits per heavy atom. The van der Waals surface area contributed by atoms with Gasteiger partial charge in [0.15, 0.2) is 0 Å². The van der Waals surface area contributed by atoms with E-state index in [0.717, 1.165) is 31.4 Å². The molecule has 1 aliphatic rings. The molecular weight excluding hydrogens is 224 g/mol. The molecule has 0 aliphatic carbocycles. The Morgan fingerprint density at radius 2 is 2.00 bits per heavy atom. The standard InChI is InChI=1S/C15H18N2O/c1-2-4-15-14(3-1)12(5-10-17-15)11-18-13-6-8-16-9-7-13/h1-5,10,13,16H,6-9,11H2. The van der Waals surface area contributed by atoms with Gasteiger partial charge >= 0.3 is 0 Å². The number of benzene rings is 1. The molecule has 0 bridgehead atoms. The molecule has 0 amide bonds. The number of pyridine rings is 1. The van der Waals surface area contributed by atoms with Gasteiger partial charge in [0.1, 0.15) is 0 Å². The van der Waals surface area contributed by atoms with E-state index in [9.17, 15) is 0 Å². The van der Waals surface area contributed by atoms with Gasteiger partial charge in [0.2, 0.25) is 0 Å². The monoisotopic (exact) mass is 242 g/mol. The van der Waals surface area contributed by atoms with Gasteiger partial charge < -0.3 is 10.1 Å². The number of fused-ring (bicyclic) bond motifs is 1. The molecule has 0 atom stereocenters. The molecule has 1 aliphatic heterocycles. The number of hydrogen-bond donors (Lipinski definition) is 1. The third-order valence-corrected chi connectivity index (χ3v) is 3.50. The highest BCUT2D eigenvalue weighted by Gasteiger charge is 2.13. The Morgan fingerprint density at radius 3 is 2.89 bits per heavy atom. The summed E-state index contributed by atoms with van der Waals surface area (Å²) in [6.45, 7) is 2.83. The summed E-state index contributed by atoms with van der Waals surface area (Å²) in [6.07, 6.45) is 4.49. The molecule has 3 nitrogen and oxygen atoms in total. The van der Waals surface area contributed by atoms with Gasteiger partial charge in [-0.2, -0.15) is 0 Å². The summed E-state index contributed by atoms with van der Waals surface area (Å²) >= 11 is 0. The predicted octanol–water partition coefficient (Wildman–Crippen LogP) is 2.50. The zero-order chi connectivity index (χ0) is 12.2. The average Bonchev–Trinajstić information content (AvgIpc) is 2.46. The fourth-order valence-corrected chi connectivity index (χ4v) is 2.45. The number of nitrogens with zero attached hydrogens (tertiary/aromatic N) is 1. The SMILES string of the molecule is c1ccc2c(COC3CCNCC3)ccnc2c1. The zero-order valence-electron chi connectivity index (χ0n) is 10.4. The molecule has 0 unspecified atom stereocenters. The molecule has 1 saturated heterocycles. The molecule has 94 valence electrons. The Bertz CT molecular complexity index is 515. The van der Waals surface area contributed by atoms with Crippen LogP contribution in [0.3, 0.4) is 0 Å². The molecule has 1 fully saturated rings. The lowest BCUT2D eigenvalue weighted by atomic mass is 10.1. The van der Waals surface area contributed by atoms with Crippen molar-refractivity contribution in [2.45, 2.75) is 25.6 Å². The van der Waals surface area contributed by atoms with Crippen molar-refractivity contribution in [3.05, 3.63) is 42.1 Å². The van der Waals surface area contributed by atoms with Crippen molar-refractivity contribution in [3.8, 4) is 0 Å². The van der Waals surface area contributed by atoms with Gasteiger partial charge in [0.25, 0.3) is 0 Å². The molecule has 1 aromatic heterocycles. The van der Waals surface area contributed by atoms with Gasteiger partial charge in [0, 0.05) is 11.6 Å². The van der Waals surface area contributed by atoms with E-state index in [1.165, 1.54) is 10.9 Å². The van der Waals surface area contributed by atoms with E-state index in [2.05, 4.69) is 28.5 Å². The maximum absolute atomic E-state index is 6.01. The maximum atomic E-state index is 6.01. The predicted molar refractivity (Wildman–Crippen MR) is 72.4 cm³/mol. The lowest BCUT2D eigenvalue weighted by Crippen LogP contribution is -2.32. The largest absolute Gasteiger partial charge is 0.373 e. The first-order valence-corrected chi connectivity index (χ1v) is 6.58. The second-order valence-electron chi connectivity index (χ2n) is 4.75. The first-order chi connectivity index (χ1) is 8.93. The van der Waals surface area contributed by atoms with E-state index in [1.54, 1.807) is 0 Å². The highest BCUT2D eigenvalue weighted by Crippen LogP contribution is 2.18. The Balaban J connectivity index is 1.74. The van der Waals surface area contributed by atoms with Gasteiger partial charge in [-0.25, -0.2) is 0 Å². The first-order valence-electron chi connectivity index (χ1n) is 6.58. The van der Waals surface area contributed by atoms with Gasteiger partial charge in [-0.3, -0.25) is 4.98 Å². The van der Waals surface area contributed by atoms with E-state index in [0.29, 0.717) is 12.7 Å². The van der Waals surface area contributed by atoms with Crippen molar-refractivity contribution in [2.75, 3.05) is 13.1 Å². The Labute approximate surface area is 107 Å². The number of hydrogen-bond acceptors (Lipinski definition) is 3. The molecular formula is C15H18N2O. The lowest BCUT2D eigenvalue weighted by molar-refractivity contribution is 0.0218. The third-order valence-electron chi connectivity index (χ3n) is 3.50. The molecule has 1 N–H and O–H groups in total. The quantitative estimate of drug-likeness (QED) is 0.898. The molecule has 0 saturated carbocycles.